The molecule has 1 aliphatic rings. The molecule has 1 saturated heterocycles. The maximum atomic E-state index is 11.8. The highest BCUT2D eigenvalue weighted by molar-refractivity contribution is 7.99. The van der Waals surface area contributed by atoms with Gasteiger partial charge < -0.3 is 10.4 Å². The van der Waals surface area contributed by atoms with Gasteiger partial charge in [0.25, 0.3) is 0 Å². The van der Waals surface area contributed by atoms with Crippen LogP contribution in [0.25, 0.3) is 0 Å². The summed E-state index contributed by atoms with van der Waals surface area (Å²) in [6.45, 7) is -0.250. The molecule has 0 amide bonds. The van der Waals surface area contributed by atoms with Gasteiger partial charge in [0.2, 0.25) is 0 Å². The molecule has 0 aromatic heterocycles. The fourth-order valence-electron chi connectivity index (χ4n) is 1.26. The number of halogens is 1. The van der Waals surface area contributed by atoms with Gasteiger partial charge in [-0.2, -0.15) is 11.8 Å². The maximum absolute atomic E-state index is 11.8. The van der Waals surface area contributed by atoms with E-state index in [0.29, 0.717) is 12.6 Å². The monoisotopic (exact) mass is 193 g/mol. The number of aliphatic hydroxyl groups excluding tert-OH is 1. The summed E-state index contributed by atoms with van der Waals surface area (Å²) >= 11 is 1.96. The van der Waals surface area contributed by atoms with Crippen LogP contribution in [0, 0.1) is 0 Å². The largest absolute Gasteiger partial charge is 0.389 e. The van der Waals surface area contributed by atoms with Gasteiger partial charge in [-0.15, -0.1) is 0 Å². The highest BCUT2D eigenvalue weighted by atomic mass is 32.2. The van der Waals surface area contributed by atoms with E-state index in [0.717, 1.165) is 12.8 Å². The van der Waals surface area contributed by atoms with Crippen molar-refractivity contribution in [3.63, 3.8) is 0 Å². The molecule has 2 nitrogen and oxygen atoms in total. The number of nitrogens with one attached hydrogen (secondary N) is 1. The van der Waals surface area contributed by atoms with Crippen LogP contribution in [0.2, 0.25) is 0 Å². The molecule has 1 fully saturated rings. The lowest BCUT2D eigenvalue weighted by Gasteiger charge is -2.23. The third-order valence-corrected chi connectivity index (χ3v) is 3.09. The van der Waals surface area contributed by atoms with Crippen LogP contribution in [0.3, 0.4) is 0 Å². The minimum atomic E-state index is -0.820. The quantitative estimate of drug-likeness (QED) is 0.693. The Morgan fingerprint density at radius 2 is 2.17 bits per heavy atom. The number of hydrogen-bond donors (Lipinski definition) is 2. The van der Waals surface area contributed by atoms with Gasteiger partial charge in [-0.05, 0) is 24.3 Å². The summed E-state index contributed by atoms with van der Waals surface area (Å²) < 4.78 is 11.8. The zero-order chi connectivity index (χ0) is 8.81. The second-order valence-corrected chi connectivity index (χ2v) is 4.33. The van der Waals surface area contributed by atoms with Crippen molar-refractivity contribution in [2.75, 3.05) is 24.7 Å². The molecule has 0 aromatic rings. The number of alkyl halides is 1. The summed E-state index contributed by atoms with van der Waals surface area (Å²) in [5.41, 5.74) is 0. The Balaban J connectivity index is 2.05. The second-order valence-electron chi connectivity index (χ2n) is 3.10. The van der Waals surface area contributed by atoms with Crippen LogP contribution in [0.15, 0.2) is 0 Å². The molecule has 0 saturated carbocycles. The zero-order valence-electron chi connectivity index (χ0n) is 7.13. The Labute approximate surface area is 76.9 Å². The van der Waals surface area contributed by atoms with Gasteiger partial charge in [-0.3, -0.25) is 0 Å². The van der Waals surface area contributed by atoms with E-state index in [1.165, 1.54) is 11.5 Å². The van der Waals surface area contributed by atoms with E-state index in [-0.39, 0.29) is 0 Å². The third kappa shape index (κ3) is 3.74. The van der Waals surface area contributed by atoms with Crippen molar-refractivity contribution in [1.29, 1.82) is 0 Å². The fraction of sp³-hybridized carbons (Fsp3) is 1.00. The lowest BCUT2D eigenvalue weighted by atomic mass is 10.1. The third-order valence-electron chi connectivity index (χ3n) is 2.04. The van der Waals surface area contributed by atoms with Crippen LogP contribution in [-0.4, -0.2) is 42.0 Å². The fourth-order valence-corrected chi connectivity index (χ4v) is 2.37. The molecule has 0 bridgehead atoms. The Morgan fingerprint density at radius 1 is 1.50 bits per heavy atom. The van der Waals surface area contributed by atoms with Crippen molar-refractivity contribution in [3.05, 3.63) is 0 Å². The number of rotatable bonds is 4. The van der Waals surface area contributed by atoms with Crippen molar-refractivity contribution in [1.82, 2.24) is 5.32 Å². The molecule has 1 atom stereocenters. The summed E-state index contributed by atoms with van der Waals surface area (Å²) in [6, 6.07) is 0.493. The predicted molar refractivity (Wildman–Crippen MR) is 50.3 cm³/mol. The minimum Gasteiger partial charge on any atom is -0.389 e. The van der Waals surface area contributed by atoms with E-state index in [1.807, 2.05) is 11.8 Å². The first kappa shape index (κ1) is 10.3. The molecule has 72 valence electrons. The first-order valence-electron chi connectivity index (χ1n) is 4.38. The van der Waals surface area contributed by atoms with Crippen molar-refractivity contribution in [2.45, 2.75) is 25.0 Å². The normalized spacial score (nSPS) is 22.5. The van der Waals surface area contributed by atoms with E-state index in [1.54, 1.807) is 0 Å². The van der Waals surface area contributed by atoms with Crippen molar-refractivity contribution < 1.29 is 9.50 Å². The van der Waals surface area contributed by atoms with Gasteiger partial charge in [-0.1, -0.05) is 0 Å². The summed E-state index contributed by atoms with van der Waals surface area (Å²) in [7, 11) is 0. The van der Waals surface area contributed by atoms with Crippen LogP contribution >= 0.6 is 11.8 Å². The van der Waals surface area contributed by atoms with Gasteiger partial charge >= 0.3 is 0 Å². The molecular weight excluding hydrogens is 177 g/mol. The van der Waals surface area contributed by atoms with Crippen molar-refractivity contribution in [2.24, 2.45) is 0 Å². The van der Waals surface area contributed by atoms with Gasteiger partial charge in [0.15, 0.2) is 0 Å². The smallest absolute Gasteiger partial charge is 0.117 e. The molecule has 1 rings (SSSR count). The van der Waals surface area contributed by atoms with Gasteiger partial charge in [0, 0.05) is 12.6 Å². The van der Waals surface area contributed by atoms with Crippen LogP contribution in [0.1, 0.15) is 12.8 Å². The van der Waals surface area contributed by atoms with Crippen LogP contribution in [-0.2, 0) is 0 Å². The van der Waals surface area contributed by atoms with Gasteiger partial charge in [0.05, 0.1) is 6.10 Å². The number of hydrogen-bond acceptors (Lipinski definition) is 3. The lowest BCUT2D eigenvalue weighted by molar-refractivity contribution is 0.133. The molecule has 0 aromatic carbocycles. The molecule has 1 aliphatic heterocycles. The minimum absolute atomic E-state index is 0.395. The summed E-state index contributed by atoms with van der Waals surface area (Å²) in [5.74, 6) is 2.37. The molecule has 0 aliphatic carbocycles. The molecule has 2 N–H and O–H groups in total. The Hall–Kier alpha value is 0.200. The molecule has 1 unspecified atom stereocenters. The summed E-state index contributed by atoms with van der Waals surface area (Å²) in [6.07, 6.45) is 1.47. The van der Waals surface area contributed by atoms with Crippen LogP contribution in [0.5, 0.6) is 0 Å². The average Bonchev–Trinajstić information content (AvgIpc) is 2.16. The lowest BCUT2D eigenvalue weighted by Crippen LogP contribution is -2.38. The molecule has 1 heterocycles. The predicted octanol–water partition coefficient (Wildman–Crippen LogP) is 0.802. The Kier molecular flexibility index (Phi) is 4.95. The Bertz CT molecular complexity index is 120. The molecule has 4 heteroatoms. The van der Waals surface area contributed by atoms with Crippen LogP contribution < -0.4 is 5.32 Å². The highest BCUT2D eigenvalue weighted by Crippen LogP contribution is 2.16. The highest BCUT2D eigenvalue weighted by Gasteiger charge is 2.13. The van der Waals surface area contributed by atoms with E-state index < -0.39 is 12.8 Å². The maximum Gasteiger partial charge on any atom is 0.117 e. The average molecular weight is 193 g/mol. The Morgan fingerprint density at radius 3 is 2.75 bits per heavy atom. The summed E-state index contributed by atoms with van der Waals surface area (Å²) in [4.78, 5) is 0. The van der Waals surface area contributed by atoms with Gasteiger partial charge in [-0.25, -0.2) is 4.39 Å². The topological polar surface area (TPSA) is 32.3 Å². The van der Waals surface area contributed by atoms with E-state index in [4.69, 9.17) is 5.11 Å². The van der Waals surface area contributed by atoms with E-state index in [2.05, 4.69) is 5.32 Å². The van der Waals surface area contributed by atoms with Crippen molar-refractivity contribution >= 4 is 11.8 Å². The summed E-state index contributed by atoms with van der Waals surface area (Å²) in [5, 5.41) is 12.1. The van der Waals surface area contributed by atoms with E-state index in [9.17, 15) is 4.39 Å². The van der Waals surface area contributed by atoms with Crippen molar-refractivity contribution in [3.8, 4) is 0 Å². The molecule has 0 radical (unpaired) electrons. The molecule has 12 heavy (non-hydrogen) atoms. The molecule has 0 spiro atoms. The number of thioether (sulfide) groups is 1. The standard InChI is InChI=1S/C8H16FNOS/c9-5-8(11)6-10-7-1-3-12-4-2-7/h7-8,10-11H,1-6H2. The second kappa shape index (κ2) is 5.78. The number of aliphatic hydroxyl groups is 1. The van der Waals surface area contributed by atoms with Crippen LogP contribution in [0.4, 0.5) is 4.39 Å². The SMILES string of the molecule is OC(CF)CNC1CCSCC1. The first-order chi connectivity index (χ1) is 5.83. The molecular formula is C8H16FNOS. The first-order valence-corrected chi connectivity index (χ1v) is 5.53. The zero-order valence-corrected chi connectivity index (χ0v) is 7.95. The van der Waals surface area contributed by atoms with Gasteiger partial charge in [0.1, 0.15) is 6.67 Å². The van der Waals surface area contributed by atoms with E-state index >= 15 is 0 Å².